The number of nitrogens with two attached hydrogens (primary N) is 1. The number of carboxylic acid groups (broad SMARTS) is 1. The molecule has 0 bridgehead atoms. The summed E-state index contributed by atoms with van der Waals surface area (Å²) in [6.45, 7) is 3.87. The van der Waals surface area contributed by atoms with Gasteiger partial charge in [-0.15, -0.1) is 0 Å². The zero-order valence-electron chi connectivity index (χ0n) is 9.56. The van der Waals surface area contributed by atoms with Gasteiger partial charge in [0.2, 0.25) is 5.91 Å². The monoisotopic (exact) mass is 216 g/mol. The maximum atomic E-state index is 11.8. The Balaban J connectivity index is 4.59. The van der Waals surface area contributed by atoms with E-state index in [1.807, 2.05) is 6.92 Å². The molecule has 0 aliphatic rings. The molecule has 0 aliphatic heterocycles. The number of rotatable bonds is 6. The average Bonchev–Trinajstić information content (AvgIpc) is 2.19. The smallest absolute Gasteiger partial charge is 0.326 e. The minimum Gasteiger partial charge on any atom is -0.480 e. The summed E-state index contributed by atoms with van der Waals surface area (Å²) >= 11 is 0. The van der Waals surface area contributed by atoms with E-state index in [0.29, 0.717) is 12.8 Å². The summed E-state index contributed by atoms with van der Waals surface area (Å²) in [5.74, 6) is -1.43. The molecule has 88 valence electrons. The van der Waals surface area contributed by atoms with E-state index < -0.39 is 12.0 Å². The Labute approximate surface area is 90.2 Å². The van der Waals surface area contributed by atoms with E-state index in [1.54, 1.807) is 6.92 Å². The Bertz CT molecular complexity index is 227. The summed E-state index contributed by atoms with van der Waals surface area (Å²) < 4.78 is 0. The van der Waals surface area contributed by atoms with Crippen molar-refractivity contribution in [2.45, 2.75) is 32.7 Å². The van der Waals surface area contributed by atoms with Crippen LogP contribution in [0, 0.1) is 5.92 Å². The van der Waals surface area contributed by atoms with Crippen molar-refractivity contribution >= 4 is 11.9 Å². The van der Waals surface area contributed by atoms with E-state index in [1.165, 1.54) is 11.9 Å². The van der Waals surface area contributed by atoms with Crippen LogP contribution in [0.4, 0.5) is 0 Å². The summed E-state index contributed by atoms with van der Waals surface area (Å²) in [5, 5.41) is 8.89. The van der Waals surface area contributed by atoms with Gasteiger partial charge in [-0.05, 0) is 12.8 Å². The molecule has 0 rings (SSSR count). The SMILES string of the molecule is CCC(CN)C(=O)N(C)C(CC)C(=O)O. The molecule has 2 atom stereocenters. The standard InChI is InChI=1S/C10H20N2O3/c1-4-7(6-11)9(13)12(3)8(5-2)10(14)15/h7-8H,4-6,11H2,1-3H3,(H,14,15). The van der Waals surface area contributed by atoms with Crippen LogP contribution in [0.3, 0.4) is 0 Å². The second-order valence-electron chi connectivity index (χ2n) is 3.55. The average molecular weight is 216 g/mol. The molecule has 3 N–H and O–H groups in total. The van der Waals surface area contributed by atoms with Crippen molar-refractivity contribution in [3.8, 4) is 0 Å². The Morgan fingerprint density at radius 2 is 1.87 bits per heavy atom. The lowest BCUT2D eigenvalue weighted by molar-refractivity contribution is -0.150. The number of carbonyl (C=O) groups excluding carboxylic acids is 1. The van der Waals surface area contributed by atoms with Crippen LogP contribution in [-0.2, 0) is 9.59 Å². The van der Waals surface area contributed by atoms with Crippen molar-refractivity contribution in [2.75, 3.05) is 13.6 Å². The van der Waals surface area contributed by atoms with Gasteiger partial charge in [-0.2, -0.15) is 0 Å². The fourth-order valence-electron chi connectivity index (χ4n) is 1.50. The third-order valence-electron chi connectivity index (χ3n) is 2.61. The molecular weight excluding hydrogens is 196 g/mol. The molecule has 0 saturated carbocycles. The minimum atomic E-state index is -0.972. The molecular formula is C10H20N2O3. The number of likely N-dealkylation sites (N-methyl/N-ethyl adjacent to an activating group) is 1. The largest absolute Gasteiger partial charge is 0.480 e. The van der Waals surface area contributed by atoms with Crippen molar-refractivity contribution in [2.24, 2.45) is 11.7 Å². The molecule has 0 aromatic rings. The van der Waals surface area contributed by atoms with Gasteiger partial charge in [-0.3, -0.25) is 4.79 Å². The molecule has 0 spiro atoms. The quantitative estimate of drug-likeness (QED) is 0.668. The Morgan fingerprint density at radius 1 is 1.33 bits per heavy atom. The first-order valence-corrected chi connectivity index (χ1v) is 5.19. The van der Waals surface area contributed by atoms with Crippen molar-refractivity contribution in [1.82, 2.24) is 4.90 Å². The van der Waals surface area contributed by atoms with Gasteiger partial charge in [0.05, 0.1) is 5.92 Å². The highest BCUT2D eigenvalue weighted by Crippen LogP contribution is 2.10. The van der Waals surface area contributed by atoms with Crippen molar-refractivity contribution < 1.29 is 14.7 Å². The molecule has 0 radical (unpaired) electrons. The predicted molar refractivity (Wildman–Crippen MR) is 57.3 cm³/mol. The van der Waals surface area contributed by atoms with Crippen molar-refractivity contribution in [3.63, 3.8) is 0 Å². The normalized spacial score (nSPS) is 14.4. The molecule has 0 aromatic heterocycles. The van der Waals surface area contributed by atoms with Gasteiger partial charge >= 0.3 is 5.97 Å². The topological polar surface area (TPSA) is 83.6 Å². The molecule has 0 aromatic carbocycles. The number of hydrogen-bond donors (Lipinski definition) is 2. The third-order valence-corrected chi connectivity index (χ3v) is 2.61. The van der Waals surface area contributed by atoms with Crippen LogP contribution in [0.1, 0.15) is 26.7 Å². The molecule has 5 heteroatoms. The molecule has 2 unspecified atom stereocenters. The molecule has 1 amide bonds. The van der Waals surface area contributed by atoms with Crippen LogP contribution in [0.15, 0.2) is 0 Å². The molecule has 15 heavy (non-hydrogen) atoms. The van der Waals surface area contributed by atoms with Crippen LogP contribution in [-0.4, -0.2) is 41.5 Å². The second-order valence-corrected chi connectivity index (χ2v) is 3.55. The van der Waals surface area contributed by atoms with Gasteiger partial charge in [-0.1, -0.05) is 13.8 Å². The number of carboxylic acids is 1. The maximum Gasteiger partial charge on any atom is 0.326 e. The molecule has 0 saturated heterocycles. The first kappa shape index (κ1) is 13.9. The van der Waals surface area contributed by atoms with Gasteiger partial charge < -0.3 is 15.7 Å². The number of hydrogen-bond acceptors (Lipinski definition) is 3. The summed E-state index contributed by atoms with van der Waals surface area (Å²) in [4.78, 5) is 23.9. The molecule has 0 fully saturated rings. The van der Waals surface area contributed by atoms with Crippen LogP contribution < -0.4 is 5.73 Å². The third kappa shape index (κ3) is 3.51. The number of nitrogens with zero attached hydrogens (tertiary/aromatic N) is 1. The second kappa shape index (κ2) is 6.40. The van der Waals surface area contributed by atoms with E-state index >= 15 is 0 Å². The van der Waals surface area contributed by atoms with Crippen LogP contribution >= 0.6 is 0 Å². The van der Waals surface area contributed by atoms with Gasteiger partial charge in [0.15, 0.2) is 0 Å². The predicted octanol–water partition coefficient (Wildman–Crippen LogP) is 0.293. The number of carbonyl (C=O) groups is 2. The number of amides is 1. The zero-order chi connectivity index (χ0) is 12.0. The zero-order valence-corrected chi connectivity index (χ0v) is 9.56. The highest BCUT2D eigenvalue weighted by molar-refractivity contribution is 5.84. The Kier molecular flexibility index (Phi) is 5.93. The Hall–Kier alpha value is -1.10. The van der Waals surface area contributed by atoms with Gasteiger partial charge in [-0.25, -0.2) is 4.79 Å². The summed E-state index contributed by atoms with van der Waals surface area (Å²) in [6, 6.07) is -0.752. The fourth-order valence-corrected chi connectivity index (χ4v) is 1.50. The highest BCUT2D eigenvalue weighted by atomic mass is 16.4. The van der Waals surface area contributed by atoms with Gasteiger partial charge in [0.25, 0.3) is 0 Å². The van der Waals surface area contributed by atoms with Crippen LogP contribution in [0.5, 0.6) is 0 Å². The van der Waals surface area contributed by atoms with E-state index in [9.17, 15) is 9.59 Å². The fraction of sp³-hybridized carbons (Fsp3) is 0.800. The summed E-state index contributed by atoms with van der Waals surface area (Å²) in [7, 11) is 1.52. The molecule has 5 nitrogen and oxygen atoms in total. The lowest BCUT2D eigenvalue weighted by Crippen LogP contribution is -2.46. The maximum absolute atomic E-state index is 11.8. The molecule has 0 heterocycles. The van der Waals surface area contributed by atoms with E-state index in [0.717, 1.165) is 0 Å². The van der Waals surface area contributed by atoms with E-state index in [4.69, 9.17) is 10.8 Å². The minimum absolute atomic E-state index is 0.186. The first-order chi connectivity index (χ1) is 6.99. The van der Waals surface area contributed by atoms with Crippen molar-refractivity contribution in [1.29, 1.82) is 0 Å². The van der Waals surface area contributed by atoms with Crippen molar-refractivity contribution in [3.05, 3.63) is 0 Å². The van der Waals surface area contributed by atoms with Crippen LogP contribution in [0.2, 0.25) is 0 Å². The van der Waals surface area contributed by atoms with Gasteiger partial charge in [0.1, 0.15) is 6.04 Å². The first-order valence-electron chi connectivity index (χ1n) is 5.19. The summed E-state index contributed by atoms with van der Waals surface area (Å²) in [6.07, 6.45) is 1.04. The lowest BCUT2D eigenvalue weighted by Gasteiger charge is -2.27. The highest BCUT2D eigenvalue weighted by Gasteiger charge is 2.28. The molecule has 0 aliphatic carbocycles. The summed E-state index contributed by atoms with van der Waals surface area (Å²) in [5.41, 5.74) is 5.44. The van der Waals surface area contributed by atoms with E-state index in [-0.39, 0.29) is 18.4 Å². The van der Waals surface area contributed by atoms with Gasteiger partial charge in [0, 0.05) is 13.6 Å². The number of aliphatic carboxylic acids is 1. The lowest BCUT2D eigenvalue weighted by atomic mass is 10.0. The van der Waals surface area contributed by atoms with E-state index in [2.05, 4.69) is 0 Å². The Morgan fingerprint density at radius 3 is 2.13 bits per heavy atom. The van der Waals surface area contributed by atoms with Crippen LogP contribution in [0.25, 0.3) is 0 Å².